The van der Waals surface area contributed by atoms with Crippen LogP contribution in [0.25, 0.3) is 0 Å². The van der Waals surface area contributed by atoms with Crippen LogP contribution in [0, 0.1) is 17.8 Å². The monoisotopic (exact) mass is 583 g/mol. The summed E-state index contributed by atoms with van der Waals surface area (Å²) < 4.78 is 7.42. The molecule has 3 saturated heterocycles. The Labute approximate surface area is 235 Å². The Hall–Kier alpha value is -1.67. The van der Waals surface area contributed by atoms with Gasteiger partial charge < -0.3 is 31.0 Å². The van der Waals surface area contributed by atoms with E-state index < -0.39 is 5.60 Å². The van der Waals surface area contributed by atoms with Crippen LogP contribution in [0.2, 0.25) is 0 Å². The van der Waals surface area contributed by atoms with E-state index in [1.807, 2.05) is 42.1 Å². The van der Waals surface area contributed by atoms with Gasteiger partial charge in [0.25, 0.3) is 11.8 Å². The second-order valence-electron chi connectivity index (χ2n) is 11.3. The number of rotatable bonds is 8. The van der Waals surface area contributed by atoms with Gasteiger partial charge in [0.1, 0.15) is 0 Å². The molecule has 2 atom stereocenters. The molecule has 0 spiro atoms. The number of aliphatic hydroxyl groups is 1. The molecule has 1 N–H and O–H groups in total. The van der Waals surface area contributed by atoms with Crippen molar-refractivity contribution in [2.75, 3.05) is 25.4 Å². The highest BCUT2D eigenvalue weighted by atomic mass is 79.9. The van der Waals surface area contributed by atoms with Crippen LogP contribution < -0.4 is 17.0 Å². The van der Waals surface area contributed by atoms with Gasteiger partial charge in [-0.1, -0.05) is 67.8 Å². The van der Waals surface area contributed by atoms with E-state index in [2.05, 4.69) is 40.5 Å². The number of fused-ring (bicyclic) bond motifs is 3. The Morgan fingerprint density at radius 2 is 1.57 bits per heavy atom. The summed E-state index contributed by atoms with van der Waals surface area (Å²) in [6.07, 6.45) is 8.08. The summed E-state index contributed by atoms with van der Waals surface area (Å²) in [6, 6.07) is 20.8. The molecule has 1 saturated carbocycles. The first-order chi connectivity index (χ1) is 17.6. The first-order valence-corrected chi connectivity index (χ1v) is 14.8. The summed E-state index contributed by atoms with van der Waals surface area (Å²) in [6.45, 7) is 4.36. The third-order valence-electron chi connectivity index (χ3n) is 9.12. The van der Waals surface area contributed by atoms with E-state index in [0.717, 1.165) is 54.1 Å². The smallest absolute Gasteiger partial charge is 0.271 e. The van der Waals surface area contributed by atoms with Crippen molar-refractivity contribution in [3.63, 3.8) is 0 Å². The van der Waals surface area contributed by atoms with Crippen molar-refractivity contribution in [2.24, 2.45) is 17.8 Å². The minimum atomic E-state index is -1.21. The van der Waals surface area contributed by atoms with Gasteiger partial charge in [-0.05, 0) is 36.5 Å². The van der Waals surface area contributed by atoms with E-state index >= 15 is 0 Å². The highest BCUT2D eigenvalue weighted by Gasteiger charge is 2.48. The molecular formula is C30H38BrN3O2S. The van der Waals surface area contributed by atoms with Crippen molar-refractivity contribution in [3.8, 4) is 0 Å². The molecule has 4 fully saturated rings. The Balaban J connectivity index is 0.00000280. The third kappa shape index (κ3) is 5.56. The van der Waals surface area contributed by atoms with Gasteiger partial charge in [-0.3, -0.25) is 0 Å². The topological polar surface area (TPSA) is 59.2 Å². The maximum absolute atomic E-state index is 12.1. The van der Waals surface area contributed by atoms with Gasteiger partial charge in [-0.15, -0.1) is 22.0 Å². The molecule has 2 bridgehead atoms. The number of thioether (sulfide) groups is 1. The zero-order valence-electron chi connectivity index (χ0n) is 21.5. The van der Waals surface area contributed by atoms with E-state index in [9.17, 15) is 5.11 Å². The van der Waals surface area contributed by atoms with Crippen LogP contribution in [-0.4, -0.2) is 45.2 Å². The molecule has 4 heterocycles. The fraction of sp³-hybridized carbons (Fsp3) is 0.533. The van der Waals surface area contributed by atoms with Crippen molar-refractivity contribution in [1.29, 1.82) is 0 Å². The van der Waals surface area contributed by atoms with Gasteiger partial charge in [-0.25, -0.2) is 0 Å². The van der Waals surface area contributed by atoms with E-state index in [4.69, 9.17) is 4.42 Å². The number of benzene rings is 2. The Morgan fingerprint density at radius 1 is 0.892 bits per heavy atom. The second-order valence-corrected chi connectivity index (χ2v) is 12.4. The fourth-order valence-electron chi connectivity index (χ4n) is 7.07. The molecule has 7 rings (SSSR count). The molecule has 37 heavy (non-hydrogen) atoms. The number of piperidine rings is 3. The second kappa shape index (κ2) is 11.6. The zero-order chi connectivity index (χ0) is 24.4. The Morgan fingerprint density at radius 3 is 2.27 bits per heavy atom. The van der Waals surface area contributed by atoms with Gasteiger partial charge in [-0.2, -0.15) is 0 Å². The minimum Gasteiger partial charge on any atom is -1.00 e. The van der Waals surface area contributed by atoms with Crippen LogP contribution in [0.5, 0.6) is 0 Å². The number of halogens is 1. The lowest BCUT2D eigenvalue weighted by Crippen LogP contribution is -3.00. The lowest BCUT2D eigenvalue weighted by atomic mass is 9.73. The van der Waals surface area contributed by atoms with Crippen LogP contribution in [0.15, 0.2) is 70.0 Å². The standard InChI is InChI=1S/C30H38N3O2S.BrH/c34-30(25-10-4-1-5-11-25,26-12-6-2-7-13-26)29-32-31-28(35-29)21-33-18-16-23(17-19-33)24(20-33)22-36-27-14-8-3-9-15-27;/h1,3-5,8-11,14-15,23-24,26,34H,2,6-7,12-13,16-22H2;1H/q+1;/p-1/t23?,24?,30-,33?;/m0./s1. The molecule has 3 aromatic rings. The summed E-state index contributed by atoms with van der Waals surface area (Å²) in [7, 11) is 0. The zero-order valence-corrected chi connectivity index (χ0v) is 23.9. The van der Waals surface area contributed by atoms with E-state index in [1.165, 1.54) is 49.5 Å². The molecule has 0 amide bonds. The quantitative estimate of drug-likeness (QED) is 0.326. The first kappa shape index (κ1) is 26.9. The molecule has 3 aliphatic heterocycles. The number of hydrogen-bond donors (Lipinski definition) is 1. The van der Waals surface area contributed by atoms with Gasteiger partial charge in [0.15, 0.2) is 12.1 Å². The molecule has 4 aliphatic rings. The largest absolute Gasteiger partial charge is 1.00 e. The third-order valence-corrected chi connectivity index (χ3v) is 10.3. The summed E-state index contributed by atoms with van der Waals surface area (Å²) in [5, 5.41) is 21.2. The van der Waals surface area contributed by atoms with E-state index in [0.29, 0.717) is 11.8 Å². The number of quaternary nitrogens is 1. The Kier molecular flexibility index (Phi) is 8.44. The van der Waals surface area contributed by atoms with Crippen molar-refractivity contribution < 1.29 is 31.0 Å². The SMILES string of the molecule is O[C@](c1ccccc1)(c1nnc(C[N+]23CCC(CC2)C(CSc2ccccc2)C3)o1)C1CCCCC1.[Br-]. The average molecular weight is 585 g/mol. The summed E-state index contributed by atoms with van der Waals surface area (Å²) in [4.78, 5) is 1.37. The predicted molar refractivity (Wildman–Crippen MR) is 142 cm³/mol. The number of aromatic nitrogens is 2. The highest BCUT2D eigenvalue weighted by molar-refractivity contribution is 7.99. The summed E-state index contributed by atoms with van der Waals surface area (Å²) in [5.41, 5.74) is -0.340. The van der Waals surface area contributed by atoms with Crippen molar-refractivity contribution >= 4 is 11.8 Å². The molecule has 1 aromatic heterocycles. The number of nitrogens with zero attached hydrogens (tertiary/aromatic N) is 3. The van der Waals surface area contributed by atoms with Crippen LogP contribution in [0.4, 0.5) is 0 Å². The summed E-state index contributed by atoms with van der Waals surface area (Å²) >= 11 is 2.00. The fourth-order valence-corrected chi connectivity index (χ4v) is 8.21. The minimum absolute atomic E-state index is 0. The molecule has 7 heteroatoms. The van der Waals surface area contributed by atoms with Crippen molar-refractivity contribution in [2.45, 2.75) is 62.0 Å². The van der Waals surface area contributed by atoms with Crippen LogP contribution >= 0.6 is 11.8 Å². The molecular weight excluding hydrogens is 546 g/mol. The van der Waals surface area contributed by atoms with E-state index in [1.54, 1.807) is 0 Å². The molecule has 2 aromatic carbocycles. The van der Waals surface area contributed by atoms with Crippen LogP contribution in [-0.2, 0) is 12.1 Å². The molecule has 1 aliphatic carbocycles. The molecule has 1 unspecified atom stereocenters. The van der Waals surface area contributed by atoms with Gasteiger partial charge in [0.2, 0.25) is 0 Å². The van der Waals surface area contributed by atoms with Gasteiger partial charge >= 0.3 is 0 Å². The highest BCUT2D eigenvalue weighted by Crippen LogP contribution is 2.44. The van der Waals surface area contributed by atoms with Gasteiger partial charge in [0, 0.05) is 35.3 Å². The van der Waals surface area contributed by atoms with Crippen LogP contribution in [0.1, 0.15) is 62.3 Å². The normalized spacial score (nSPS) is 27.4. The molecule has 5 nitrogen and oxygen atoms in total. The lowest BCUT2D eigenvalue weighted by molar-refractivity contribution is -0.959. The Bertz CT molecular complexity index is 1130. The molecule has 0 radical (unpaired) electrons. The van der Waals surface area contributed by atoms with Crippen molar-refractivity contribution in [3.05, 3.63) is 78.0 Å². The lowest BCUT2D eigenvalue weighted by Gasteiger charge is -2.52. The number of hydrogen-bond acceptors (Lipinski definition) is 5. The van der Waals surface area contributed by atoms with Gasteiger partial charge in [0.05, 0.1) is 19.6 Å². The molecule has 198 valence electrons. The summed E-state index contributed by atoms with van der Waals surface area (Å²) in [5.74, 6) is 3.93. The van der Waals surface area contributed by atoms with E-state index in [-0.39, 0.29) is 22.9 Å². The average Bonchev–Trinajstić information content (AvgIpc) is 3.42. The van der Waals surface area contributed by atoms with Crippen molar-refractivity contribution in [1.82, 2.24) is 10.2 Å². The predicted octanol–water partition coefficient (Wildman–Crippen LogP) is 3.04. The van der Waals surface area contributed by atoms with Crippen LogP contribution in [0.3, 0.4) is 0 Å². The maximum atomic E-state index is 12.1. The maximum Gasteiger partial charge on any atom is 0.271 e. The first-order valence-electron chi connectivity index (χ1n) is 13.8.